The molecule has 4 heterocycles. The van der Waals surface area contributed by atoms with E-state index in [0.717, 1.165) is 45.2 Å². The van der Waals surface area contributed by atoms with Gasteiger partial charge in [0.05, 0.1) is 11.5 Å². The Hall–Kier alpha value is -3.14. The minimum Gasteiger partial charge on any atom is -0.489 e. The number of likely N-dealkylation sites (tertiary alicyclic amines) is 2. The van der Waals surface area contributed by atoms with Crippen molar-refractivity contribution in [2.75, 3.05) is 26.2 Å². The molecule has 242 valence electrons. The van der Waals surface area contributed by atoms with Gasteiger partial charge in [-0.3, -0.25) is 29.5 Å². The number of nitrogens with zero attached hydrogens (tertiary/aromatic N) is 4. The Balaban J connectivity index is 0.970. The molecule has 7 rings (SSSR count). The lowest BCUT2D eigenvalue weighted by atomic mass is 9.67. The number of alkyl halides is 2. The molecule has 1 aromatic carbocycles. The zero-order valence-electron chi connectivity index (χ0n) is 25.4. The Kier molecular flexibility index (Phi) is 7.85. The van der Waals surface area contributed by atoms with E-state index in [9.17, 15) is 24.8 Å². The third-order valence-electron chi connectivity index (χ3n) is 11.4. The quantitative estimate of drug-likeness (QED) is 0.443. The average molecular weight is 626 g/mol. The van der Waals surface area contributed by atoms with E-state index in [2.05, 4.69) is 11.4 Å². The Morgan fingerprint density at radius 1 is 1.02 bits per heavy atom. The molecule has 1 aromatic rings. The van der Waals surface area contributed by atoms with Gasteiger partial charge in [0.25, 0.3) is 11.8 Å². The summed E-state index contributed by atoms with van der Waals surface area (Å²) in [7, 11) is 0. The summed E-state index contributed by atoms with van der Waals surface area (Å²) in [5, 5.41) is 22.8. The maximum absolute atomic E-state index is 15.5. The largest absolute Gasteiger partial charge is 0.489 e. The van der Waals surface area contributed by atoms with Gasteiger partial charge in [0, 0.05) is 51.1 Å². The van der Waals surface area contributed by atoms with E-state index in [-0.39, 0.29) is 37.6 Å². The number of halogens is 2. The zero-order valence-corrected chi connectivity index (χ0v) is 25.4. The van der Waals surface area contributed by atoms with Crippen LogP contribution in [0.5, 0.6) is 5.75 Å². The summed E-state index contributed by atoms with van der Waals surface area (Å²) in [6.45, 7) is 2.82. The average Bonchev–Trinajstić information content (AvgIpc) is 3.28. The van der Waals surface area contributed by atoms with E-state index < -0.39 is 41.7 Å². The molecule has 3 saturated heterocycles. The van der Waals surface area contributed by atoms with Gasteiger partial charge in [0.1, 0.15) is 30.2 Å². The fourth-order valence-electron chi connectivity index (χ4n) is 8.59. The minimum absolute atomic E-state index is 0.171. The summed E-state index contributed by atoms with van der Waals surface area (Å²) in [4.78, 5) is 42.4. The molecule has 3 amide bonds. The third-order valence-corrected chi connectivity index (χ3v) is 11.4. The number of imide groups is 1. The van der Waals surface area contributed by atoms with Crippen molar-refractivity contribution >= 4 is 17.7 Å². The maximum Gasteiger partial charge on any atom is 0.266 e. The number of hydrogen-bond acceptors (Lipinski definition) is 8. The molecule has 4 atom stereocenters. The number of carbonyl (C=O) groups is 3. The van der Waals surface area contributed by atoms with Crippen molar-refractivity contribution in [1.29, 1.82) is 5.26 Å². The van der Waals surface area contributed by atoms with E-state index in [1.54, 1.807) is 18.2 Å². The maximum atomic E-state index is 15.5. The van der Waals surface area contributed by atoms with Crippen LogP contribution in [0.25, 0.3) is 0 Å². The highest BCUT2D eigenvalue weighted by Gasteiger charge is 2.55. The Morgan fingerprint density at radius 3 is 2.44 bits per heavy atom. The van der Waals surface area contributed by atoms with Gasteiger partial charge in [0.15, 0.2) is 0 Å². The molecular weight excluding hydrogens is 584 g/mol. The fraction of sp³-hybridized carbons (Fsp3) is 0.697. The highest BCUT2D eigenvalue weighted by atomic mass is 19.3. The van der Waals surface area contributed by atoms with Gasteiger partial charge >= 0.3 is 0 Å². The summed E-state index contributed by atoms with van der Waals surface area (Å²) in [5.41, 5.74) is 0.500. The molecule has 0 aromatic heterocycles. The number of rotatable bonds is 7. The van der Waals surface area contributed by atoms with Gasteiger partial charge in [-0.05, 0) is 87.0 Å². The molecule has 2 unspecified atom stereocenters. The second-order valence-electron chi connectivity index (χ2n) is 14.1. The van der Waals surface area contributed by atoms with Crippen LogP contribution in [0, 0.1) is 28.6 Å². The van der Waals surface area contributed by atoms with Crippen molar-refractivity contribution < 1.29 is 33.0 Å². The molecule has 2 aliphatic carbocycles. The number of amides is 3. The Morgan fingerprint density at radius 2 is 1.78 bits per heavy atom. The number of nitriles is 1. The van der Waals surface area contributed by atoms with Gasteiger partial charge in [0.2, 0.25) is 11.8 Å². The highest BCUT2D eigenvalue weighted by Crippen LogP contribution is 2.47. The first-order valence-electron chi connectivity index (χ1n) is 16.5. The van der Waals surface area contributed by atoms with Crippen LogP contribution in [-0.4, -0.2) is 94.0 Å². The molecule has 12 heteroatoms. The molecule has 2 N–H and O–H groups in total. The van der Waals surface area contributed by atoms with E-state index in [4.69, 9.17) is 4.74 Å². The van der Waals surface area contributed by atoms with Crippen molar-refractivity contribution in [3.8, 4) is 11.8 Å². The van der Waals surface area contributed by atoms with Gasteiger partial charge in [-0.1, -0.05) is 0 Å². The van der Waals surface area contributed by atoms with Crippen LogP contribution in [0.1, 0.15) is 80.1 Å². The highest BCUT2D eigenvalue weighted by molar-refractivity contribution is 6.05. The number of nitrogens with one attached hydrogen (secondary N) is 1. The predicted molar refractivity (Wildman–Crippen MR) is 157 cm³/mol. The number of aliphatic hydroxyl groups excluding tert-OH is 1. The van der Waals surface area contributed by atoms with Crippen molar-refractivity contribution in [1.82, 2.24) is 20.0 Å². The molecule has 2 saturated carbocycles. The van der Waals surface area contributed by atoms with Crippen LogP contribution in [0.3, 0.4) is 0 Å². The van der Waals surface area contributed by atoms with Gasteiger partial charge in [-0.15, -0.1) is 0 Å². The van der Waals surface area contributed by atoms with E-state index >= 15 is 8.78 Å². The number of hydrogen-bond donors (Lipinski definition) is 2. The standard InChI is InChI=1S/C33H41F2N5O5/c34-33(35)12-1-3-26(45-23-4-5-24-21(15-23)18-40(30(24)43)25-6-7-27(41)37-29(25)42)28(33)39-16-22(17-39)20-8-13-38(14-9-20)31(44)32(19-36)10-2-11-32/h4-5,15,20,22,25-26,28,31,44H,1-3,6-14,16-18H2,(H,37,41,42)/t25?,26-,28+,31?/m0/s1. The van der Waals surface area contributed by atoms with Crippen LogP contribution in [-0.2, 0) is 16.1 Å². The lowest BCUT2D eigenvalue weighted by molar-refractivity contribution is -0.174. The second-order valence-corrected chi connectivity index (χ2v) is 14.1. The molecule has 45 heavy (non-hydrogen) atoms. The molecule has 0 spiro atoms. The van der Waals surface area contributed by atoms with Crippen LogP contribution in [0.2, 0.25) is 0 Å². The molecule has 0 radical (unpaired) electrons. The van der Waals surface area contributed by atoms with Crippen molar-refractivity contribution in [3.05, 3.63) is 29.3 Å². The normalized spacial score (nSPS) is 31.4. The molecule has 5 fully saturated rings. The van der Waals surface area contributed by atoms with Crippen LogP contribution >= 0.6 is 0 Å². The van der Waals surface area contributed by atoms with Gasteiger partial charge < -0.3 is 14.7 Å². The predicted octanol–water partition coefficient (Wildman–Crippen LogP) is 3.04. The summed E-state index contributed by atoms with van der Waals surface area (Å²) >= 11 is 0. The number of benzene rings is 1. The van der Waals surface area contributed by atoms with Crippen molar-refractivity contribution in [2.24, 2.45) is 17.3 Å². The molecule has 6 aliphatic rings. The number of piperidine rings is 2. The van der Waals surface area contributed by atoms with E-state index in [0.29, 0.717) is 54.6 Å². The summed E-state index contributed by atoms with van der Waals surface area (Å²) in [5.74, 6) is -2.83. The number of ether oxygens (including phenoxy) is 1. The number of aliphatic hydroxyl groups is 1. The second kappa shape index (κ2) is 11.6. The monoisotopic (exact) mass is 625 g/mol. The Labute approximate surface area is 261 Å². The number of carbonyl (C=O) groups excluding carboxylic acids is 3. The number of fused-ring (bicyclic) bond motifs is 1. The molecule has 10 nitrogen and oxygen atoms in total. The van der Waals surface area contributed by atoms with Crippen LogP contribution < -0.4 is 10.1 Å². The summed E-state index contributed by atoms with van der Waals surface area (Å²) in [6.07, 6.45) is 3.96. The lowest BCUT2D eigenvalue weighted by Crippen LogP contribution is -2.66. The van der Waals surface area contributed by atoms with Crippen molar-refractivity contribution in [3.63, 3.8) is 0 Å². The smallest absolute Gasteiger partial charge is 0.266 e. The SMILES string of the molecule is N#CC1(C(O)N2CCC(C3CN([C@@H]4[C@@H](Oc5ccc6c(c5)CN(C5CCC(=O)NC5=O)C6=O)CCCC4(F)F)C3)CC2)CCC1. The van der Waals surface area contributed by atoms with Crippen LogP contribution in [0.4, 0.5) is 8.78 Å². The summed E-state index contributed by atoms with van der Waals surface area (Å²) in [6, 6.07) is 5.61. The zero-order chi connectivity index (χ0) is 31.5. The van der Waals surface area contributed by atoms with Gasteiger partial charge in [-0.25, -0.2) is 8.78 Å². The molecule has 0 bridgehead atoms. The van der Waals surface area contributed by atoms with Crippen molar-refractivity contribution in [2.45, 2.75) is 101 Å². The first-order valence-corrected chi connectivity index (χ1v) is 16.5. The first-order chi connectivity index (χ1) is 21.6. The first kappa shape index (κ1) is 30.5. The fourth-order valence-corrected chi connectivity index (χ4v) is 8.59. The molecule has 4 aliphatic heterocycles. The summed E-state index contributed by atoms with van der Waals surface area (Å²) < 4.78 is 37.2. The van der Waals surface area contributed by atoms with Gasteiger partial charge in [-0.2, -0.15) is 5.26 Å². The van der Waals surface area contributed by atoms with E-state index in [1.807, 2.05) is 9.80 Å². The molecular formula is C33H41F2N5O5. The lowest BCUT2D eigenvalue weighted by Gasteiger charge is -2.54. The third kappa shape index (κ3) is 5.40. The Bertz CT molecular complexity index is 1400. The van der Waals surface area contributed by atoms with Crippen LogP contribution in [0.15, 0.2) is 18.2 Å². The van der Waals surface area contributed by atoms with E-state index in [1.165, 1.54) is 4.90 Å². The minimum atomic E-state index is -2.88. The topological polar surface area (TPSA) is 126 Å².